The molecule has 2 aliphatic rings. The van der Waals surface area contributed by atoms with Crippen molar-refractivity contribution in [3.63, 3.8) is 0 Å². The molecule has 0 unspecified atom stereocenters. The molecule has 2 aliphatic heterocycles. The topological polar surface area (TPSA) is 38.8 Å². The van der Waals surface area contributed by atoms with Gasteiger partial charge in [-0.15, -0.1) is 0 Å². The maximum atomic E-state index is 13.9. The normalized spacial score (nSPS) is 18.8. The zero-order chi connectivity index (χ0) is 22.5. The lowest BCUT2D eigenvalue weighted by molar-refractivity contribution is 0.109. The first-order valence-electron chi connectivity index (χ1n) is 11.5. The molecule has 2 saturated heterocycles. The fourth-order valence-corrected chi connectivity index (χ4v) is 4.69. The van der Waals surface area contributed by atoms with Crippen LogP contribution < -0.4 is 5.32 Å². The van der Waals surface area contributed by atoms with E-state index in [9.17, 15) is 13.6 Å². The number of benzene rings is 2. The number of nitrogens with zero attached hydrogens (tertiary/aromatic N) is 3. The number of hydrogen-bond donors (Lipinski definition) is 1. The molecule has 2 heterocycles. The van der Waals surface area contributed by atoms with Gasteiger partial charge in [0.05, 0.1) is 6.04 Å². The van der Waals surface area contributed by atoms with Crippen molar-refractivity contribution in [2.24, 2.45) is 5.92 Å². The Morgan fingerprint density at radius 2 is 1.50 bits per heavy atom. The Morgan fingerprint density at radius 3 is 2.03 bits per heavy atom. The molecule has 5 nitrogen and oxygen atoms in total. The SMILES string of the molecule is CN1CCC(CN2CCN(C(=O)NC(c3cccc(F)c3)c3cccc(F)c3)CC2)CC1. The molecule has 2 amide bonds. The largest absolute Gasteiger partial charge is 0.327 e. The number of carbonyl (C=O) groups excluding carboxylic acids is 1. The molecule has 172 valence electrons. The van der Waals surface area contributed by atoms with E-state index >= 15 is 0 Å². The van der Waals surface area contributed by atoms with Crippen molar-refractivity contribution in [1.82, 2.24) is 20.0 Å². The van der Waals surface area contributed by atoms with E-state index in [0.29, 0.717) is 24.2 Å². The number of rotatable bonds is 5. The first-order valence-corrected chi connectivity index (χ1v) is 11.5. The summed E-state index contributed by atoms with van der Waals surface area (Å²) in [5.74, 6) is -0.0433. The second-order valence-corrected chi connectivity index (χ2v) is 9.03. The van der Waals surface area contributed by atoms with Gasteiger partial charge in [0.15, 0.2) is 0 Å². The highest BCUT2D eigenvalue weighted by atomic mass is 19.1. The molecule has 7 heteroatoms. The van der Waals surface area contributed by atoms with Crippen LogP contribution in [0.15, 0.2) is 48.5 Å². The number of likely N-dealkylation sites (tertiary alicyclic amines) is 1. The maximum Gasteiger partial charge on any atom is 0.318 e. The van der Waals surface area contributed by atoms with E-state index in [4.69, 9.17) is 0 Å². The number of amides is 2. The Labute approximate surface area is 189 Å². The lowest BCUT2D eigenvalue weighted by atomic mass is 9.96. The quantitative estimate of drug-likeness (QED) is 0.767. The Morgan fingerprint density at radius 1 is 0.938 bits per heavy atom. The molecule has 2 fully saturated rings. The highest BCUT2D eigenvalue weighted by molar-refractivity contribution is 5.75. The fraction of sp³-hybridized carbons (Fsp3) is 0.480. The van der Waals surface area contributed by atoms with E-state index in [1.54, 1.807) is 29.2 Å². The molecule has 2 aromatic carbocycles. The fourth-order valence-electron chi connectivity index (χ4n) is 4.69. The van der Waals surface area contributed by atoms with Gasteiger partial charge in [0.25, 0.3) is 0 Å². The van der Waals surface area contributed by atoms with E-state index in [1.165, 1.54) is 37.1 Å². The van der Waals surface area contributed by atoms with E-state index < -0.39 is 6.04 Å². The van der Waals surface area contributed by atoms with Gasteiger partial charge >= 0.3 is 6.03 Å². The maximum absolute atomic E-state index is 13.9. The highest BCUT2D eigenvalue weighted by Crippen LogP contribution is 2.24. The van der Waals surface area contributed by atoms with Crippen molar-refractivity contribution in [2.45, 2.75) is 18.9 Å². The first-order chi connectivity index (χ1) is 15.5. The summed E-state index contributed by atoms with van der Waals surface area (Å²) in [4.78, 5) is 19.7. The van der Waals surface area contributed by atoms with Gasteiger partial charge in [0.2, 0.25) is 0 Å². The summed E-state index contributed by atoms with van der Waals surface area (Å²) in [5.41, 5.74) is 1.18. The summed E-state index contributed by atoms with van der Waals surface area (Å²) in [5, 5.41) is 3.00. The van der Waals surface area contributed by atoms with Crippen molar-refractivity contribution >= 4 is 6.03 Å². The minimum absolute atomic E-state index is 0.206. The van der Waals surface area contributed by atoms with Gasteiger partial charge in [-0.1, -0.05) is 24.3 Å². The summed E-state index contributed by atoms with van der Waals surface area (Å²) in [7, 11) is 2.18. The summed E-state index contributed by atoms with van der Waals surface area (Å²) in [6.45, 7) is 6.42. The first kappa shape index (κ1) is 22.7. The van der Waals surface area contributed by atoms with Crippen LogP contribution in [0, 0.1) is 17.6 Å². The smallest absolute Gasteiger partial charge is 0.318 e. The molecule has 0 aliphatic carbocycles. The lowest BCUT2D eigenvalue weighted by Crippen LogP contribution is -2.53. The monoisotopic (exact) mass is 442 g/mol. The Kier molecular flexibility index (Phi) is 7.37. The number of piperazine rings is 1. The average Bonchev–Trinajstić information content (AvgIpc) is 2.79. The summed E-state index contributed by atoms with van der Waals surface area (Å²) in [6, 6.07) is 11.4. The predicted molar refractivity (Wildman–Crippen MR) is 121 cm³/mol. The van der Waals surface area contributed by atoms with Crippen molar-refractivity contribution in [2.75, 3.05) is 52.9 Å². The van der Waals surface area contributed by atoms with E-state index in [1.807, 2.05) is 0 Å². The van der Waals surface area contributed by atoms with Crippen LogP contribution in [0.1, 0.15) is 30.0 Å². The van der Waals surface area contributed by atoms with Crippen molar-refractivity contribution in [1.29, 1.82) is 0 Å². The van der Waals surface area contributed by atoms with E-state index in [2.05, 4.69) is 22.2 Å². The number of halogens is 2. The van der Waals surface area contributed by atoms with Crippen molar-refractivity contribution in [3.05, 3.63) is 71.3 Å². The lowest BCUT2D eigenvalue weighted by Gasteiger charge is -2.38. The van der Waals surface area contributed by atoms with Gasteiger partial charge < -0.3 is 15.1 Å². The van der Waals surface area contributed by atoms with Gasteiger partial charge in [-0.25, -0.2) is 13.6 Å². The van der Waals surface area contributed by atoms with Gasteiger partial charge in [0, 0.05) is 32.7 Å². The molecule has 32 heavy (non-hydrogen) atoms. The molecule has 0 spiro atoms. The zero-order valence-corrected chi connectivity index (χ0v) is 18.6. The Bertz CT molecular complexity index is 863. The zero-order valence-electron chi connectivity index (χ0n) is 18.6. The second-order valence-electron chi connectivity index (χ2n) is 9.03. The molecule has 2 aromatic rings. The summed E-state index contributed by atoms with van der Waals surface area (Å²) in [6.07, 6.45) is 2.47. The molecule has 0 atom stereocenters. The molecule has 0 aromatic heterocycles. The highest BCUT2D eigenvalue weighted by Gasteiger charge is 2.27. The van der Waals surface area contributed by atoms with Crippen LogP contribution in [0.5, 0.6) is 0 Å². The average molecular weight is 443 g/mol. The van der Waals surface area contributed by atoms with Crippen LogP contribution >= 0.6 is 0 Å². The molecule has 1 N–H and O–H groups in total. The standard InChI is InChI=1S/C25H32F2N4O/c1-29-10-8-19(9-11-29)18-30-12-14-31(15-13-30)25(32)28-24(20-4-2-6-22(26)16-20)21-5-3-7-23(27)17-21/h2-7,16-17,19,24H,8-15,18H2,1H3,(H,28,32). The van der Waals surface area contributed by atoms with Crippen LogP contribution in [0.3, 0.4) is 0 Å². The number of hydrogen-bond acceptors (Lipinski definition) is 3. The van der Waals surface area contributed by atoms with Crippen LogP contribution in [0.2, 0.25) is 0 Å². The summed E-state index contributed by atoms with van der Waals surface area (Å²) >= 11 is 0. The second kappa shape index (κ2) is 10.4. The number of urea groups is 1. The summed E-state index contributed by atoms with van der Waals surface area (Å²) < 4.78 is 27.7. The number of carbonyl (C=O) groups is 1. The predicted octanol–water partition coefficient (Wildman–Crippen LogP) is 3.72. The van der Waals surface area contributed by atoms with E-state index in [0.717, 1.165) is 38.6 Å². The Balaban J connectivity index is 1.37. The van der Waals surface area contributed by atoms with Crippen LogP contribution in [-0.2, 0) is 0 Å². The van der Waals surface area contributed by atoms with Crippen molar-refractivity contribution < 1.29 is 13.6 Å². The third kappa shape index (κ3) is 5.84. The van der Waals surface area contributed by atoms with Gasteiger partial charge in [-0.05, 0) is 74.3 Å². The Hall–Kier alpha value is -2.51. The van der Waals surface area contributed by atoms with Crippen molar-refractivity contribution in [3.8, 4) is 0 Å². The van der Waals surface area contributed by atoms with Gasteiger partial charge in [0.1, 0.15) is 11.6 Å². The minimum Gasteiger partial charge on any atom is -0.327 e. The number of piperidine rings is 1. The third-order valence-electron chi connectivity index (χ3n) is 6.65. The van der Waals surface area contributed by atoms with Gasteiger partial charge in [-0.2, -0.15) is 0 Å². The molecule has 0 bridgehead atoms. The van der Waals surface area contributed by atoms with Crippen LogP contribution in [0.25, 0.3) is 0 Å². The third-order valence-corrected chi connectivity index (χ3v) is 6.65. The van der Waals surface area contributed by atoms with Crippen LogP contribution in [0.4, 0.5) is 13.6 Å². The minimum atomic E-state index is -0.619. The number of nitrogens with one attached hydrogen (secondary N) is 1. The molecule has 4 rings (SSSR count). The molecule has 0 radical (unpaired) electrons. The molecular weight excluding hydrogens is 410 g/mol. The molecular formula is C25H32F2N4O. The van der Waals surface area contributed by atoms with E-state index in [-0.39, 0.29) is 17.7 Å². The molecule has 0 saturated carbocycles. The van der Waals surface area contributed by atoms with Gasteiger partial charge in [-0.3, -0.25) is 4.90 Å². The van der Waals surface area contributed by atoms with Crippen LogP contribution in [-0.4, -0.2) is 73.6 Å².